The molecule has 0 aromatic rings. The Morgan fingerprint density at radius 2 is 0.782 bits per heavy atom. The molecule has 1 atom stereocenters. The maximum atomic E-state index is 12.6. The van der Waals surface area contributed by atoms with Gasteiger partial charge in [-0.15, -0.1) is 0 Å². The monoisotopic (exact) mass is 771 g/mol. The van der Waals surface area contributed by atoms with Gasteiger partial charge in [-0.25, -0.2) is 0 Å². The Morgan fingerprint density at radius 3 is 1.25 bits per heavy atom. The lowest BCUT2D eigenvalue weighted by molar-refractivity contribution is -0.166. The molecule has 0 heterocycles. The molecule has 0 bridgehead atoms. The van der Waals surface area contributed by atoms with Gasteiger partial charge < -0.3 is 14.2 Å². The van der Waals surface area contributed by atoms with Gasteiger partial charge in [-0.2, -0.15) is 0 Å². The topological polar surface area (TPSA) is 78.9 Å². The Hall–Kier alpha value is -2.63. The van der Waals surface area contributed by atoms with Crippen molar-refractivity contribution >= 4 is 17.9 Å². The second-order valence-corrected chi connectivity index (χ2v) is 15.3. The predicted octanol–water partition coefficient (Wildman–Crippen LogP) is 14.8. The van der Waals surface area contributed by atoms with Crippen LogP contribution in [-0.4, -0.2) is 37.2 Å². The number of allylic oxidation sites excluding steroid dienone is 7. The summed E-state index contributed by atoms with van der Waals surface area (Å²) < 4.78 is 16.5. The van der Waals surface area contributed by atoms with Crippen LogP contribution in [0.25, 0.3) is 0 Å². The summed E-state index contributed by atoms with van der Waals surface area (Å²) >= 11 is 0. The van der Waals surface area contributed by atoms with Gasteiger partial charge in [-0.1, -0.05) is 204 Å². The van der Waals surface area contributed by atoms with E-state index in [1.165, 1.54) is 128 Å². The molecule has 318 valence electrons. The van der Waals surface area contributed by atoms with Gasteiger partial charge in [0, 0.05) is 12.8 Å². The van der Waals surface area contributed by atoms with Gasteiger partial charge in [0.25, 0.3) is 0 Å². The highest BCUT2D eigenvalue weighted by molar-refractivity contribution is 5.72. The van der Waals surface area contributed by atoms with Crippen molar-refractivity contribution in [3.05, 3.63) is 48.6 Å². The van der Waals surface area contributed by atoms with Crippen LogP contribution in [-0.2, 0) is 28.6 Å². The smallest absolute Gasteiger partial charge is 0.310 e. The van der Waals surface area contributed by atoms with Crippen molar-refractivity contribution in [2.45, 2.75) is 232 Å². The molecule has 0 amide bonds. The summed E-state index contributed by atoms with van der Waals surface area (Å²) in [6.45, 7) is 6.37. The zero-order valence-corrected chi connectivity index (χ0v) is 36.2. The molecule has 1 unspecified atom stereocenters. The minimum atomic E-state index is -0.827. The standard InChI is InChI=1S/C49H86O6/c1-4-7-10-13-16-19-20-21-22-23-24-25-26-27-28-31-33-36-39-42-48(51)54-45-46(55-49(52)43-40-37-34-30-18-15-12-9-6-3)44-53-47(50)41-38-35-32-29-17-14-11-8-5-2/h9,12,18,29-30,32,37,40,46H,4-8,10-11,13-17,19-28,31,33-36,38-39,41-45H2,1-3H3/b12-9-,30-18-,32-29-,40-37-. The molecular formula is C49H86O6. The first-order valence-electron chi connectivity index (χ1n) is 23.1. The van der Waals surface area contributed by atoms with E-state index in [0.717, 1.165) is 51.4 Å². The van der Waals surface area contributed by atoms with Crippen LogP contribution in [0.2, 0.25) is 0 Å². The highest BCUT2D eigenvalue weighted by Crippen LogP contribution is 2.15. The van der Waals surface area contributed by atoms with E-state index in [0.29, 0.717) is 19.3 Å². The predicted molar refractivity (Wildman–Crippen MR) is 233 cm³/mol. The Bertz CT molecular complexity index is 980. The molecule has 0 aromatic carbocycles. The molecule has 0 N–H and O–H groups in total. The zero-order chi connectivity index (χ0) is 40.1. The lowest BCUT2D eigenvalue weighted by Gasteiger charge is -2.18. The third-order valence-corrected chi connectivity index (χ3v) is 9.85. The zero-order valence-electron chi connectivity index (χ0n) is 36.2. The van der Waals surface area contributed by atoms with E-state index in [4.69, 9.17) is 14.2 Å². The van der Waals surface area contributed by atoms with E-state index < -0.39 is 12.1 Å². The average molecular weight is 771 g/mol. The average Bonchev–Trinajstić information content (AvgIpc) is 3.18. The number of hydrogen-bond donors (Lipinski definition) is 0. The van der Waals surface area contributed by atoms with Crippen LogP contribution in [0.4, 0.5) is 0 Å². The van der Waals surface area contributed by atoms with Crippen LogP contribution < -0.4 is 0 Å². The Labute approximate surface area is 339 Å². The van der Waals surface area contributed by atoms with E-state index in [-0.39, 0.29) is 31.6 Å². The molecule has 0 fully saturated rings. The normalized spacial score (nSPS) is 12.4. The summed E-state index contributed by atoms with van der Waals surface area (Å²) in [4.78, 5) is 37.5. The van der Waals surface area contributed by atoms with E-state index in [1.807, 2.05) is 6.08 Å². The molecular weight excluding hydrogens is 685 g/mol. The van der Waals surface area contributed by atoms with E-state index in [9.17, 15) is 14.4 Å². The molecule has 0 aromatic heterocycles. The molecule has 0 radical (unpaired) electrons. The van der Waals surface area contributed by atoms with Gasteiger partial charge in [-0.3, -0.25) is 14.4 Å². The molecule has 55 heavy (non-hydrogen) atoms. The molecule has 0 aliphatic rings. The minimum absolute atomic E-state index is 0.103. The van der Waals surface area contributed by atoms with Crippen molar-refractivity contribution in [3.63, 3.8) is 0 Å². The Morgan fingerprint density at radius 1 is 0.400 bits per heavy atom. The number of ether oxygens (including phenoxy) is 3. The maximum Gasteiger partial charge on any atom is 0.310 e. The third kappa shape index (κ3) is 42.4. The van der Waals surface area contributed by atoms with Gasteiger partial charge in [-0.05, 0) is 51.4 Å². The summed E-state index contributed by atoms with van der Waals surface area (Å²) in [5.41, 5.74) is 0. The largest absolute Gasteiger partial charge is 0.462 e. The van der Waals surface area contributed by atoms with Crippen LogP contribution >= 0.6 is 0 Å². The first-order chi connectivity index (χ1) is 27.0. The first kappa shape index (κ1) is 52.4. The summed E-state index contributed by atoms with van der Waals surface area (Å²) in [5.74, 6) is -1.08. The number of hydrogen-bond acceptors (Lipinski definition) is 6. The third-order valence-electron chi connectivity index (χ3n) is 9.85. The van der Waals surface area contributed by atoms with Crippen LogP contribution in [0, 0.1) is 0 Å². The SMILES string of the molecule is CC/C=C\C/C=C\C/C=C\CC(=O)OC(COC(=O)CCC/C=C\CCCCCC)COC(=O)CCCCCCCCCCCCCCCCCCCCC. The number of rotatable bonds is 41. The van der Waals surface area contributed by atoms with Gasteiger partial charge in [0.2, 0.25) is 0 Å². The van der Waals surface area contributed by atoms with E-state index in [1.54, 1.807) is 6.08 Å². The van der Waals surface area contributed by atoms with Crippen molar-refractivity contribution in [1.29, 1.82) is 0 Å². The maximum absolute atomic E-state index is 12.6. The Kier molecular flexibility index (Phi) is 42.0. The number of carbonyl (C=O) groups is 3. The fraction of sp³-hybridized carbons (Fsp3) is 0.776. The van der Waals surface area contributed by atoms with Crippen molar-refractivity contribution in [1.82, 2.24) is 0 Å². The van der Waals surface area contributed by atoms with Crippen LogP contribution in [0.5, 0.6) is 0 Å². The molecule has 6 heteroatoms. The summed E-state index contributed by atoms with van der Waals surface area (Å²) in [6.07, 6.45) is 51.5. The highest BCUT2D eigenvalue weighted by atomic mass is 16.6. The van der Waals surface area contributed by atoms with Gasteiger partial charge in [0.05, 0.1) is 6.42 Å². The molecule has 6 nitrogen and oxygen atoms in total. The van der Waals surface area contributed by atoms with Gasteiger partial charge >= 0.3 is 17.9 Å². The van der Waals surface area contributed by atoms with Crippen molar-refractivity contribution in [3.8, 4) is 0 Å². The fourth-order valence-electron chi connectivity index (χ4n) is 6.39. The lowest BCUT2D eigenvalue weighted by atomic mass is 10.0. The highest BCUT2D eigenvalue weighted by Gasteiger charge is 2.19. The van der Waals surface area contributed by atoms with Crippen LogP contribution in [0.3, 0.4) is 0 Å². The second-order valence-electron chi connectivity index (χ2n) is 15.3. The lowest BCUT2D eigenvalue weighted by Crippen LogP contribution is -2.30. The summed E-state index contributed by atoms with van der Waals surface area (Å²) in [7, 11) is 0. The number of carbonyl (C=O) groups excluding carboxylic acids is 3. The molecule has 0 rings (SSSR count). The molecule has 0 aliphatic heterocycles. The number of unbranched alkanes of at least 4 members (excludes halogenated alkanes) is 23. The van der Waals surface area contributed by atoms with Crippen LogP contribution in [0.15, 0.2) is 48.6 Å². The second kappa shape index (κ2) is 44.1. The molecule has 0 saturated carbocycles. The first-order valence-corrected chi connectivity index (χ1v) is 23.1. The van der Waals surface area contributed by atoms with Gasteiger partial charge in [0.1, 0.15) is 13.2 Å². The van der Waals surface area contributed by atoms with E-state index >= 15 is 0 Å². The molecule has 0 saturated heterocycles. The quantitative estimate of drug-likeness (QED) is 0.0267. The van der Waals surface area contributed by atoms with Crippen molar-refractivity contribution in [2.75, 3.05) is 13.2 Å². The molecule has 0 aliphatic carbocycles. The van der Waals surface area contributed by atoms with Crippen LogP contribution in [0.1, 0.15) is 226 Å². The Balaban J connectivity index is 4.28. The number of esters is 3. The molecule has 0 spiro atoms. The summed E-state index contributed by atoms with van der Waals surface area (Å²) in [5, 5.41) is 0. The van der Waals surface area contributed by atoms with Gasteiger partial charge in [0.15, 0.2) is 6.10 Å². The van der Waals surface area contributed by atoms with E-state index in [2.05, 4.69) is 57.2 Å². The van der Waals surface area contributed by atoms with Crippen molar-refractivity contribution < 1.29 is 28.6 Å². The minimum Gasteiger partial charge on any atom is -0.462 e. The summed E-state index contributed by atoms with van der Waals surface area (Å²) in [6, 6.07) is 0. The van der Waals surface area contributed by atoms with Crippen molar-refractivity contribution in [2.24, 2.45) is 0 Å². The fourth-order valence-corrected chi connectivity index (χ4v) is 6.39.